The number of methoxy groups -OCH3 is 1. The number of carbonyl (C=O) groups excluding carboxylic acids is 2. The van der Waals surface area contributed by atoms with Crippen molar-refractivity contribution in [3.8, 4) is 0 Å². The Kier molecular flexibility index (Phi) is 5.17. The molecule has 0 radical (unpaired) electrons. The minimum absolute atomic E-state index is 0.137. The molecule has 0 spiro atoms. The fraction of sp³-hybridized carbons (Fsp3) is 0.385. The lowest BCUT2D eigenvalue weighted by atomic mass is 10.1. The zero-order valence-electron chi connectivity index (χ0n) is 10.8. The van der Waals surface area contributed by atoms with Crippen LogP contribution in [0.5, 0.6) is 0 Å². The molecule has 1 atom stereocenters. The minimum atomic E-state index is -0.374. The van der Waals surface area contributed by atoms with Gasteiger partial charge in [0.05, 0.1) is 7.11 Å². The van der Waals surface area contributed by atoms with Crippen molar-refractivity contribution in [1.82, 2.24) is 5.32 Å². The van der Waals surface area contributed by atoms with Crippen LogP contribution in [0.3, 0.4) is 0 Å². The van der Waals surface area contributed by atoms with E-state index in [9.17, 15) is 9.59 Å². The molecule has 98 valence electrons. The van der Waals surface area contributed by atoms with Crippen LogP contribution in [0, 0.1) is 0 Å². The van der Waals surface area contributed by atoms with Crippen molar-refractivity contribution < 1.29 is 14.3 Å². The van der Waals surface area contributed by atoms with Crippen LogP contribution in [-0.4, -0.2) is 32.1 Å². The van der Waals surface area contributed by atoms with Crippen LogP contribution in [-0.2, 0) is 9.53 Å². The molecule has 1 amide bonds. The summed E-state index contributed by atoms with van der Waals surface area (Å²) in [5, 5.41) is 5.60. The van der Waals surface area contributed by atoms with E-state index in [1.807, 2.05) is 6.92 Å². The van der Waals surface area contributed by atoms with Crippen LogP contribution in [0.15, 0.2) is 24.3 Å². The van der Waals surface area contributed by atoms with Gasteiger partial charge in [-0.2, -0.15) is 0 Å². The van der Waals surface area contributed by atoms with Crippen LogP contribution in [0.25, 0.3) is 0 Å². The van der Waals surface area contributed by atoms with Crippen molar-refractivity contribution >= 4 is 17.6 Å². The molecule has 5 heteroatoms. The van der Waals surface area contributed by atoms with E-state index in [2.05, 4.69) is 15.4 Å². The van der Waals surface area contributed by atoms with Crippen molar-refractivity contribution in [2.45, 2.75) is 19.4 Å². The Bertz CT molecular complexity index is 415. The Morgan fingerprint density at radius 1 is 1.28 bits per heavy atom. The maximum atomic E-state index is 11.4. The quantitative estimate of drug-likeness (QED) is 0.775. The predicted octanol–water partition coefficient (Wildman–Crippen LogP) is 1.41. The highest BCUT2D eigenvalue weighted by Gasteiger charge is 2.16. The van der Waals surface area contributed by atoms with Gasteiger partial charge in [-0.25, -0.2) is 4.79 Å². The first-order valence-corrected chi connectivity index (χ1v) is 5.78. The van der Waals surface area contributed by atoms with Crippen molar-refractivity contribution in [3.05, 3.63) is 29.8 Å². The number of rotatable bonds is 5. The number of hydrogen-bond donors (Lipinski definition) is 2. The number of anilines is 1. The van der Waals surface area contributed by atoms with Crippen LogP contribution >= 0.6 is 0 Å². The van der Waals surface area contributed by atoms with E-state index in [-0.39, 0.29) is 17.9 Å². The van der Waals surface area contributed by atoms with Gasteiger partial charge in [-0.05, 0) is 30.7 Å². The molecule has 0 aliphatic rings. The smallest absolute Gasteiger partial charge is 0.328 e. The monoisotopic (exact) mass is 250 g/mol. The molecule has 0 fully saturated rings. The number of ether oxygens (including phenoxy) is 1. The maximum absolute atomic E-state index is 11.4. The molecule has 0 saturated heterocycles. The largest absolute Gasteiger partial charge is 0.467 e. The number of carbonyl (C=O) groups is 2. The molecule has 5 nitrogen and oxygen atoms in total. The van der Waals surface area contributed by atoms with Gasteiger partial charge in [0.1, 0.15) is 6.04 Å². The molecule has 0 aromatic heterocycles. The standard InChI is InChI=1S/C13H18N2O3/c1-4-11(13(17)18-3)15-10-7-5-9(6-8-10)12(16)14-2/h5-8,11,15H,4H2,1-3H3,(H,14,16). The van der Waals surface area contributed by atoms with Crippen LogP contribution in [0.2, 0.25) is 0 Å². The second kappa shape index (κ2) is 6.64. The van der Waals surface area contributed by atoms with Gasteiger partial charge in [-0.15, -0.1) is 0 Å². The van der Waals surface area contributed by atoms with Gasteiger partial charge in [0.25, 0.3) is 5.91 Å². The SMILES string of the molecule is CCC(Nc1ccc(C(=O)NC)cc1)C(=O)OC. The van der Waals surface area contributed by atoms with E-state index in [0.29, 0.717) is 12.0 Å². The highest BCUT2D eigenvalue weighted by atomic mass is 16.5. The van der Waals surface area contributed by atoms with Crippen LogP contribution in [0.4, 0.5) is 5.69 Å². The number of amides is 1. The molecule has 2 N–H and O–H groups in total. The van der Waals surface area contributed by atoms with Crippen molar-refractivity contribution in [2.75, 3.05) is 19.5 Å². The summed E-state index contributed by atoms with van der Waals surface area (Å²) < 4.78 is 4.69. The Morgan fingerprint density at radius 3 is 2.33 bits per heavy atom. The van der Waals surface area contributed by atoms with E-state index in [1.54, 1.807) is 31.3 Å². The molecule has 0 aliphatic carbocycles. The molecule has 0 aliphatic heterocycles. The first-order chi connectivity index (χ1) is 8.62. The van der Waals surface area contributed by atoms with Gasteiger partial charge in [0, 0.05) is 18.3 Å². The van der Waals surface area contributed by atoms with E-state index >= 15 is 0 Å². The summed E-state index contributed by atoms with van der Waals surface area (Å²) in [5.74, 6) is -0.436. The highest BCUT2D eigenvalue weighted by Crippen LogP contribution is 2.12. The average Bonchev–Trinajstić information content (AvgIpc) is 2.43. The highest BCUT2D eigenvalue weighted by molar-refractivity contribution is 5.94. The van der Waals surface area contributed by atoms with Crippen LogP contribution < -0.4 is 10.6 Å². The summed E-state index contributed by atoms with van der Waals surface area (Å²) in [4.78, 5) is 22.8. The fourth-order valence-corrected chi connectivity index (χ4v) is 1.53. The van der Waals surface area contributed by atoms with Gasteiger partial charge in [-0.3, -0.25) is 4.79 Å². The summed E-state index contributed by atoms with van der Waals surface area (Å²) in [5.41, 5.74) is 1.36. The number of hydrogen-bond acceptors (Lipinski definition) is 4. The summed E-state index contributed by atoms with van der Waals surface area (Å²) in [7, 11) is 2.94. The van der Waals surface area contributed by atoms with Gasteiger partial charge < -0.3 is 15.4 Å². The fourth-order valence-electron chi connectivity index (χ4n) is 1.53. The van der Waals surface area contributed by atoms with E-state index in [4.69, 9.17) is 0 Å². The summed E-state index contributed by atoms with van der Waals surface area (Å²) in [6.45, 7) is 1.90. The minimum Gasteiger partial charge on any atom is -0.467 e. The lowest BCUT2D eigenvalue weighted by Gasteiger charge is -2.15. The topological polar surface area (TPSA) is 67.4 Å². The number of esters is 1. The molecule has 1 aromatic carbocycles. The molecule has 18 heavy (non-hydrogen) atoms. The lowest BCUT2D eigenvalue weighted by Crippen LogP contribution is -2.29. The van der Waals surface area contributed by atoms with Gasteiger partial charge in [-0.1, -0.05) is 6.92 Å². The zero-order chi connectivity index (χ0) is 13.5. The normalized spacial score (nSPS) is 11.5. The Labute approximate surface area is 107 Å². The first-order valence-electron chi connectivity index (χ1n) is 5.78. The van der Waals surface area contributed by atoms with E-state index < -0.39 is 0 Å². The molecule has 1 unspecified atom stereocenters. The van der Waals surface area contributed by atoms with Crippen molar-refractivity contribution in [2.24, 2.45) is 0 Å². The van der Waals surface area contributed by atoms with Gasteiger partial charge in [0.2, 0.25) is 0 Å². The Hall–Kier alpha value is -2.04. The average molecular weight is 250 g/mol. The first kappa shape index (κ1) is 14.0. The maximum Gasteiger partial charge on any atom is 0.328 e. The van der Waals surface area contributed by atoms with Gasteiger partial charge >= 0.3 is 5.97 Å². The Morgan fingerprint density at radius 2 is 1.89 bits per heavy atom. The van der Waals surface area contributed by atoms with E-state index in [0.717, 1.165) is 5.69 Å². The summed E-state index contributed by atoms with van der Waals surface area (Å²) in [6, 6.07) is 6.55. The Balaban J connectivity index is 2.73. The van der Waals surface area contributed by atoms with Crippen LogP contribution in [0.1, 0.15) is 23.7 Å². The number of nitrogens with one attached hydrogen (secondary N) is 2. The lowest BCUT2D eigenvalue weighted by molar-refractivity contribution is -0.141. The second-order valence-electron chi connectivity index (χ2n) is 3.78. The van der Waals surface area contributed by atoms with Gasteiger partial charge in [0.15, 0.2) is 0 Å². The third-order valence-electron chi connectivity index (χ3n) is 2.61. The number of benzene rings is 1. The molecule has 0 heterocycles. The molecular formula is C13H18N2O3. The molecular weight excluding hydrogens is 232 g/mol. The molecule has 1 rings (SSSR count). The third kappa shape index (κ3) is 3.48. The second-order valence-corrected chi connectivity index (χ2v) is 3.78. The zero-order valence-corrected chi connectivity index (χ0v) is 10.8. The molecule has 0 saturated carbocycles. The summed E-state index contributed by atoms with van der Waals surface area (Å²) >= 11 is 0. The van der Waals surface area contributed by atoms with Crippen molar-refractivity contribution in [3.63, 3.8) is 0 Å². The molecule has 1 aromatic rings. The predicted molar refractivity (Wildman–Crippen MR) is 69.5 cm³/mol. The van der Waals surface area contributed by atoms with Crippen molar-refractivity contribution in [1.29, 1.82) is 0 Å². The third-order valence-corrected chi connectivity index (χ3v) is 2.61. The summed E-state index contributed by atoms with van der Waals surface area (Å²) in [6.07, 6.45) is 0.629. The van der Waals surface area contributed by atoms with E-state index in [1.165, 1.54) is 7.11 Å². The molecule has 0 bridgehead atoms.